The summed E-state index contributed by atoms with van der Waals surface area (Å²) in [6, 6.07) is 0. The molecule has 1 unspecified atom stereocenters. The van der Waals surface area contributed by atoms with Crippen LogP contribution in [0.4, 0.5) is 0 Å². The molecule has 10 heavy (non-hydrogen) atoms. The Balaban J connectivity index is 2.57. The van der Waals surface area contributed by atoms with Crippen LogP contribution in [0.25, 0.3) is 0 Å². The molecule has 0 amide bonds. The molecule has 1 aliphatic rings. The van der Waals surface area contributed by atoms with Gasteiger partial charge in [-0.25, -0.2) is 0 Å². The van der Waals surface area contributed by atoms with Crippen LogP contribution < -0.4 is 0 Å². The first-order valence-electron chi connectivity index (χ1n) is 3.86. The molecule has 0 aromatic heterocycles. The van der Waals surface area contributed by atoms with Gasteiger partial charge < -0.3 is 4.48 Å². The van der Waals surface area contributed by atoms with Crippen LogP contribution in [0.15, 0.2) is 0 Å². The van der Waals surface area contributed by atoms with Crippen molar-refractivity contribution in [1.29, 1.82) is 0 Å². The van der Waals surface area contributed by atoms with Gasteiger partial charge in [0.25, 0.3) is 0 Å². The number of ketones is 1. The Kier molecular flexibility index (Phi) is 1.82. The number of rotatable bonds is 0. The Morgan fingerprint density at radius 2 is 2.10 bits per heavy atom. The number of piperidine rings is 1. The molecule has 0 aliphatic carbocycles. The SMILES string of the molecule is CC1C[N+](C)(C)CCC1=O. The lowest BCUT2D eigenvalue weighted by Crippen LogP contribution is -2.50. The van der Waals surface area contributed by atoms with E-state index >= 15 is 0 Å². The maximum Gasteiger partial charge on any atom is 0.146 e. The average molecular weight is 142 g/mol. The van der Waals surface area contributed by atoms with Crippen LogP contribution in [0.1, 0.15) is 13.3 Å². The van der Waals surface area contributed by atoms with Gasteiger partial charge in [-0.2, -0.15) is 0 Å². The first-order chi connectivity index (χ1) is 4.51. The smallest absolute Gasteiger partial charge is 0.146 e. The molecule has 1 aliphatic heterocycles. The van der Waals surface area contributed by atoms with Gasteiger partial charge in [-0.05, 0) is 0 Å². The van der Waals surface area contributed by atoms with Gasteiger partial charge in [0.15, 0.2) is 0 Å². The molecule has 0 bridgehead atoms. The van der Waals surface area contributed by atoms with Crippen molar-refractivity contribution < 1.29 is 9.28 Å². The summed E-state index contributed by atoms with van der Waals surface area (Å²) in [5.74, 6) is 0.723. The number of quaternary nitrogens is 1. The summed E-state index contributed by atoms with van der Waals surface area (Å²) in [5, 5.41) is 0. The number of likely N-dealkylation sites (tertiary alicyclic amines) is 1. The third-order valence-electron chi connectivity index (χ3n) is 2.28. The summed E-state index contributed by atoms with van der Waals surface area (Å²) in [5.41, 5.74) is 0. The van der Waals surface area contributed by atoms with Crippen molar-refractivity contribution in [3.8, 4) is 0 Å². The van der Waals surface area contributed by atoms with Crippen LogP contribution in [0.3, 0.4) is 0 Å². The zero-order valence-electron chi connectivity index (χ0n) is 7.05. The highest BCUT2D eigenvalue weighted by Gasteiger charge is 2.30. The average Bonchev–Trinajstić information content (AvgIpc) is 1.79. The highest BCUT2D eigenvalue weighted by atomic mass is 16.1. The first kappa shape index (κ1) is 7.73. The van der Waals surface area contributed by atoms with Crippen LogP contribution >= 0.6 is 0 Å². The van der Waals surface area contributed by atoms with E-state index in [4.69, 9.17) is 0 Å². The number of hydrogen-bond acceptors (Lipinski definition) is 1. The molecule has 1 atom stereocenters. The molecule has 0 saturated carbocycles. The zero-order valence-corrected chi connectivity index (χ0v) is 7.05. The van der Waals surface area contributed by atoms with Crippen molar-refractivity contribution in [2.75, 3.05) is 27.2 Å². The summed E-state index contributed by atoms with van der Waals surface area (Å²) < 4.78 is 1.01. The Hall–Kier alpha value is -0.370. The van der Waals surface area contributed by atoms with Gasteiger partial charge in [-0.3, -0.25) is 4.79 Å². The minimum atomic E-state index is 0.281. The molecule has 0 spiro atoms. The molecule has 0 aromatic rings. The largest absolute Gasteiger partial charge is 0.328 e. The van der Waals surface area contributed by atoms with E-state index in [1.165, 1.54) is 0 Å². The van der Waals surface area contributed by atoms with E-state index in [1.54, 1.807) is 0 Å². The Labute approximate surface area is 62.4 Å². The molecule has 1 heterocycles. The third kappa shape index (κ3) is 1.57. The standard InChI is InChI=1S/C8H16NO/c1-7-6-9(2,3)5-4-8(7)10/h7H,4-6H2,1-3H3/q+1. The fourth-order valence-electron chi connectivity index (χ4n) is 1.59. The van der Waals surface area contributed by atoms with E-state index in [-0.39, 0.29) is 5.92 Å². The molecular formula is C8H16NO+. The number of hydrogen-bond donors (Lipinski definition) is 0. The van der Waals surface area contributed by atoms with E-state index in [0.717, 1.165) is 24.0 Å². The lowest BCUT2D eigenvalue weighted by atomic mass is 9.97. The zero-order chi connectivity index (χ0) is 7.78. The molecule has 1 rings (SSSR count). The first-order valence-corrected chi connectivity index (χ1v) is 3.86. The normalized spacial score (nSPS) is 32.3. The summed E-state index contributed by atoms with van der Waals surface area (Å²) in [6.07, 6.45) is 0.772. The Bertz CT molecular complexity index is 151. The monoisotopic (exact) mass is 142 g/mol. The molecule has 0 N–H and O–H groups in total. The third-order valence-corrected chi connectivity index (χ3v) is 2.28. The van der Waals surface area contributed by atoms with Crippen LogP contribution in [0, 0.1) is 5.92 Å². The van der Waals surface area contributed by atoms with Gasteiger partial charge in [-0.1, -0.05) is 6.92 Å². The van der Waals surface area contributed by atoms with E-state index in [0.29, 0.717) is 5.78 Å². The number of nitrogens with zero attached hydrogens (tertiary/aromatic N) is 1. The fraction of sp³-hybridized carbons (Fsp3) is 0.875. The van der Waals surface area contributed by atoms with Crippen LogP contribution in [-0.2, 0) is 4.79 Å². The second-order valence-corrected chi connectivity index (χ2v) is 3.96. The summed E-state index contributed by atoms with van der Waals surface area (Å²) in [6.45, 7) is 4.06. The van der Waals surface area contributed by atoms with E-state index in [2.05, 4.69) is 14.1 Å². The second kappa shape index (κ2) is 2.35. The number of carbonyl (C=O) groups excluding carboxylic acids is 1. The molecular weight excluding hydrogens is 126 g/mol. The molecule has 1 saturated heterocycles. The highest BCUT2D eigenvalue weighted by molar-refractivity contribution is 5.81. The van der Waals surface area contributed by atoms with Crippen molar-refractivity contribution in [1.82, 2.24) is 0 Å². The minimum Gasteiger partial charge on any atom is -0.328 e. The minimum absolute atomic E-state index is 0.281. The van der Waals surface area contributed by atoms with Crippen molar-refractivity contribution >= 4 is 5.78 Å². The molecule has 58 valence electrons. The maximum atomic E-state index is 11.1. The number of Topliss-reactive ketones (excluding diaryl/α,β-unsaturated/α-hetero) is 1. The maximum absolute atomic E-state index is 11.1. The van der Waals surface area contributed by atoms with Crippen LogP contribution in [-0.4, -0.2) is 37.5 Å². The summed E-state index contributed by atoms with van der Waals surface area (Å²) >= 11 is 0. The summed E-state index contributed by atoms with van der Waals surface area (Å²) in [7, 11) is 4.37. The van der Waals surface area contributed by atoms with Gasteiger partial charge in [0.05, 0.1) is 39.5 Å². The van der Waals surface area contributed by atoms with Crippen LogP contribution in [0.5, 0.6) is 0 Å². The Morgan fingerprint density at radius 1 is 1.50 bits per heavy atom. The quantitative estimate of drug-likeness (QED) is 0.454. The molecule has 2 nitrogen and oxygen atoms in total. The lowest BCUT2D eigenvalue weighted by Gasteiger charge is -2.35. The van der Waals surface area contributed by atoms with Gasteiger partial charge in [0.2, 0.25) is 0 Å². The Morgan fingerprint density at radius 3 is 2.50 bits per heavy atom. The van der Waals surface area contributed by atoms with Gasteiger partial charge in [-0.15, -0.1) is 0 Å². The number of carbonyl (C=O) groups is 1. The summed E-state index contributed by atoms with van der Waals surface area (Å²) in [4.78, 5) is 11.1. The van der Waals surface area contributed by atoms with Gasteiger partial charge in [0.1, 0.15) is 5.78 Å². The van der Waals surface area contributed by atoms with Crippen molar-refractivity contribution in [2.45, 2.75) is 13.3 Å². The lowest BCUT2D eigenvalue weighted by molar-refractivity contribution is -0.894. The van der Waals surface area contributed by atoms with E-state index in [1.807, 2.05) is 6.92 Å². The van der Waals surface area contributed by atoms with E-state index < -0.39 is 0 Å². The van der Waals surface area contributed by atoms with Crippen molar-refractivity contribution in [3.05, 3.63) is 0 Å². The van der Waals surface area contributed by atoms with Crippen molar-refractivity contribution in [2.24, 2.45) is 5.92 Å². The highest BCUT2D eigenvalue weighted by Crippen LogP contribution is 2.15. The van der Waals surface area contributed by atoms with Gasteiger partial charge in [0, 0.05) is 0 Å². The molecule has 0 radical (unpaired) electrons. The molecule has 0 aromatic carbocycles. The van der Waals surface area contributed by atoms with Crippen molar-refractivity contribution in [3.63, 3.8) is 0 Å². The topological polar surface area (TPSA) is 17.1 Å². The van der Waals surface area contributed by atoms with Gasteiger partial charge >= 0.3 is 0 Å². The molecule has 1 fully saturated rings. The molecule has 2 heteroatoms. The van der Waals surface area contributed by atoms with E-state index in [9.17, 15) is 4.79 Å². The van der Waals surface area contributed by atoms with Crippen LogP contribution in [0.2, 0.25) is 0 Å². The predicted molar refractivity (Wildman–Crippen MR) is 40.6 cm³/mol. The predicted octanol–water partition coefficient (Wildman–Crippen LogP) is 0.672. The second-order valence-electron chi connectivity index (χ2n) is 3.96. The fourth-order valence-corrected chi connectivity index (χ4v) is 1.59.